The summed E-state index contributed by atoms with van der Waals surface area (Å²) in [4.78, 5) is 3.88. The number of fused-ring (bicyclic) bond motifs is 24. The fraction of sp³-hybridized carbons (Fsp3) is 0.107. The summed E-state index contributed by atoms with van der Waals surface area (Å²) in [6, 6.07) is 90.0. The first-order valence-electron chi connectivity index (χ1n) is 32.4. The Morgan fingerprint density at radius 1 is 0.333 bits per heavy atom. The molecule has 0 unspecified atom stereocenters. The molecule has 0 radical (unpaired) electrons. The molecule has 9 heteroatoms. The van der Waals surface area contributed by atoms with Crippen LogP contribution in [0.2, 0.25) is 0 Å². The maximum Gasteiger partial charge on any atom is 0.247 e. The van der Waals surface area contributed by atoms with Crippen LogP contribution in [-0.4, -0.2) is 33.8 Å². The molecule has 93 heavy (non-hydrogen) atoms. The third-order valence-corrected chi connectivity index (χ3v) is 22.5. The van der Waals surface area contributed by atoms with Crippen molar-refractivity contribution >= 4 is 140 Å². The minimum Gasteiger partial charge on any atom is -0.312 e. The molecule has 0 saturated carbocycles. The molecule has 0 atom stereocenters. The summed E-state index contributed by atoms with van der Waals surface area (Å²) in [5, 5.41) is 26.2. The lowest BCUT2D eigenvalue weighted by Crippen LogP contribution is -2.63. The second kappa shape index (κ2) is 18.7. The van der Waals surface area contributed by atoms with Crippen molar-refractivity contribution in [1.82, 2.24) is 13.7 Å². The van der Waals surface area contributed by atoms with Crippen molar-refractivity contribution < 1.29 is 0 Å². The number of nitrogens with zero attached hydrogens (tertiary/aromatic N) is 6. The lowest BCUT2D eigenvalue weighted by atomic mass is 9.30. The summed E-state index contributed by atoms with van der Waals surface area (Å²) in [5.74, 6) is 0. The van der Waals surface area contributed by atoms with Crippen molar-refractivity contribution in [2.45, 2.75) is 57.8 Å². The van der Waals surface area contributed by atoms with Crippen LogP contribution in [0.4, 0.5) is 5.69 Å². The second-order valence-electron chi connectivity index (χ2n) is 27.9. The van der Waals surface area contributed by atoms with Gasteiger partial charge in [0.1, 0.15) is 0 Å². The predicted octanol–water partition coefficient (Wildman–Crippen LogP) is 13.1. The Hall–Kier alpha value is -11.3. The van der Waals surface area contributed by atoms with Crippen molar-refractivity contribution in [3.05, 3.63) is 293 Å². The van der Waals surface area contributed by atoms with E-state index in [2.05, 4.69) is 272 Å². The van der Waals surface area contributed by atoms with Gasteiger partial charge in [-0.15, -0.1) is 0 Å². The highest BCUT2D eigenvalue weighted by atomic mass is 15.0. The fourth-order valence-corrected chi connectivity index (χ4v) is 18.6. The highest BCUT2D eigenvalue weighted by Crippen LogP contribution is 2.46. The molecule has 6 aliphatic rings. The number of para-hydroxylation sites is 3. The summed E-state index contributed by atoms with van der Waals surface area (Å²) in [7, 11) is 0. The molecule has 6 nitrogen and oxygen atoms in total. The Bertz CT molecular complexity index is 5950. The number of hydrogen-bond acceptors (Lipinski definition) is 2. The third-order valence-electron chi connectivity index (χ3n) is 22.5. The van der Waals surface area contributed by atoms with Gasteiger partial charge in [0.2, 0.25) is 20.1 Å². The van der Waals surface area contributed by atoms with Crippen molar-refractivity contribution in [2.75, 3.05) is 0 Å². The molecule has 0 spiro atoms. The van der Waals surface area contributed by atoms with Crippen molar-refractivity contribution in [1.29, 1.82) is 10.5 Å². The lowest BCUT2D eigenvalue weighted by Gasteiger charge is -2.41. The average molecular weight is 1180 g/mol. The fourth-order valence-electron chi connectivity index (χ4n) is 18.6. The SMILES string of the molecule is CC1(C)c2ccccc2B2c3ccccc3-n3c4cc(C#N)ccc4c4ccc1c2c43.CC1(C)c2ccccc2B2c3ccccc3-n3c4ccc(C#N)cc4c4ccc1c2c43.[C-]#[N+]c1cccc2c1c1ccc3c4c1n2-c1ccccc1B4c1ccccc1C3(C)C. The molecule has 0 fully saturated rings. The molecule has 0 saturated heterocycles. The van der Waals surface area contributed by atoms with Gasteiger partial charge in [0.25, 0.3) is 0 Å². The summed E-state index contributed by atoms with van der Waals surface area (Å²) in [6.07, 6.45) is 0. The molecule has 432 valence electrons. The van der Waals surface area contributed by atoms with Crippen LogP contribution >= 0.6 is 0 Å². The summed E-state index contributed by atoms with van der Waals surface area (Å²) >= 11 is 0. The number of rotatable bonds is 0. The average Bonchev–Trinajstić information content (AvgIpc) is 1.65. The standard InChI is InChI=1S/3C28H19BN2/c1-28(2)18-9-4-5-10-20(18)29-21-11-6-7-13-23(21)31-24-14-8-12-22(30-3)25(24)17-15-16-19(28)26(29)27(17)31;1-28(2)20-7-3-4-8-22(20)29-23-9-5-6-10-25(23)31-24-14-11-17(16-30)15-19(24)18-12-13-21(28)26(29)27(18)31;1-28(2)20-7-3-4-8-22(20)29-23-9-5-6-10-24(23)31-25-15-17(16-30)11-12-18(25)19-13-14-21(28)26(29)27(19)31/h4-16H,1-2H3;2*3-15H,1-2H3. The smallest absolute Gasteiger partial charge is 0.247 e. The van der Waals surface area contributed by atoms with E-state index >= 15 is 0 Å². The van der Waals surface area contributed by atoms with Crippen LogP contribution < -0.4 is 49.2 Å². The number of hydrogen-bond donors (Lipinski definition) is 0. The monoisotopic (exact) mass is 1180 g/mol. The quantitative estimate of drug-likeness (QED) is 0.112. The normalized spacial score (nSPS) is 14.9. The molecule has 0 bridgehead atoms. The van der Waals surface area contributed by atoms with Gasteiger partial charge in [-0.2, -0.15) is 10.5 Å². The van der Waals surface area contributed by atoms with Crippen molar-refractivity contribution in [2.24, 2.45) is 0 Å². The molecule has 0 N–H and O–H groups in total. The highest BCUT2D eigenvalue weighted by molar-refractivity contribution is 7.00. The van der Waals surface area contributed by atoms with E-state index in [1.165, 1.54) is 143 Å². The second-order valence-corrected chi connectivity index (χ2v) is 27.9. The topological polar surface area (TPSA) is 66.7 Å². The van der Waals surface area contributed by atoms with Crippen LogP contribution in [0.15, 0.2) is 237 Å². The van der Waals surface area contributed by atoms with Crippen LogP contribution in [0.5, 0.6) is 0 Å². The first-order chi connectivity index (χ1) is 45.3. The zero-order chi connectivity index (χ0) is 62.7. The first kappa shape index (κ1) is 53.5. The van der Waals surface area contributed by atoms with Gasteiger partial charge in [-0.05, 0) is 126 Å². The summed E-state index contributed by atoms with van der Waals surface area (Å²) in [6.45, 7) is 22.5. The molecule has 0 amide bonds. The Morgan fingerprint density at radius 2 is 0.710 bits per heavy atom. The molecule has 12 aromatic carbocycles. The molecule has 0 aliphatic carbocycles. The Balaban J connectivity index is 0.0000000994. The molecule has 3 aromatic heterocycles. The van der Waals surface area contributed by atoms with Gasteiger partial charge in [0, 0.05) is 82.3 Å². The van der Waals surface area contributed by atoms with Crippen LogP contribution in [-0.2, 0) is 16.2 Å². The minimum absolute atomic E-state index is 0.0675. The Morgan fingerprint density at radius 3 is 1.18 bits per heavy atom. The van der Waals surface area contributed by atoms with E-state index in [1.54, 1.807) is 0 Å². The molecule has 9 heterocycles. The molecule has 6 aliphatic heterocycles. The summed E-state index contributed by atoms with van der Waals surface area (Å²) in [5.41, 5.74) is 33.9. The van der Waals surface area contributed by atoms with E-state index in [4.69, 9.17) is 6.57 Å². The maximum absolute atomic E-state index is 9.55. The van der Waals surface area contributed by atoms with Gasteiger partial charge in [0.15, 0.2) is 5.69 Å². The zero-order valence-electron chi connectivity index (χ0n) is 52.4. The van der Waals surface area contributed by atoms with Gasteiger partial charge in [0.05, 0.1) is 40.9 Å². The number of aromatic nitrogens is 3. The largest absolute Gasteiger partial charge is 0.312 e. The Labute approximate surface area is 540 Å². The number of nitriles is 2. The van der Waals surface area contributed by atoms with E-state index in [0.717, 1.165) is 27.5 Å². The van der Waals surface area contributed by atoms with E-state index in [9.17, 15) is 10.5 Å². The predicted molar refractivity (Wildman–Crippen MR) is 388 cm³/mol. The minimum atomic E-state index is -0.0766. The highest BCUT2D eigenvalue weighted by Gasteiger charge is 2.48. The van der Waals surface area contributed by atoms with Crippen LogP contribution in [0, 0.1) is 29.2 Å². The van der Waals surface area contributed by atoms with E-state index in [-0.39, 0.29) is 36.4 Å². The van der Waals surface area contributed by atoms with E-state index in [1.807, 2.05) is 36.4 Å². The Kier molecular flexibility index (Phi) is 10.7. The van der Waals surface area contributed by atoms with E-state index in [0.29, 0.717) is 11.1 Å². The zero-order valence-corrected chi connectivity index (χ0v) is 52.4. The molecule has 15 aromatic rings. The molecular weight excluding hydrogens is 1130 g/mol. The first-order valence-corrected chi connectivity index (χ1v) is 32.4. The van der Waals surface area contributed by atoms with Crippen molar-refractivity contribution in [3.63, 3.8) is 0 Å². The lowest BCUT2D eigenvalue weighted by molar-refractivity contribution is 0.646. The van der Waals surface area contributed by atoms with Gasteiger partial charge in [-0.25, -0.2) is 4.85 Å². The maximum atomic E-state index is 9.55. The third kappa shape index (κ3) is 6.77. The van der Waals surface area contributed by atoms with Gasteiger partial charge >= 0.3 is 0 Å². The van der Waals surface area contributed by atoms with E-state index < -0.39 is 0 Å². The summed E-state index contributed by atoms with van der Waals surface area (Å²) < 4.78 is 7.24. The molecule has 21 rings (SSSR count). The van der Waals surface area contributed by atoms with Crippen molar-refractivity contribution in [3.8, 4) is 29.2 Å². The van der Waals surface area contributed by atoms with Crippen LogP contribution in [0.25, 0.3) is 87.3 Å². The van der Waals surface area contributed by atoms with Gasteiger partial charge in [-0.3, -0.25) is 0 Å². The van der Waals surface area contributed by atoms with Crippen LogP contribution in [0.3, 0.4) is 0 Å². The van der Waals surface area contributed by atoms with Crippen LogP contribution in [0.1, 0.15) is 86.1 Å². The molecular formula is C84H57B3N6. The van der Waals surface area contributed by atoms with Gasteiger partial charge in [-0.1, -0.05) is 240 Å². The number of benzene rings is 12. The van der Waals surface area contributed by atoms with Gasteiger partial charge < -0.3 is 13.7 Å².